The van der Waals surface area contributed by atoms with Crippen molar-refractivity contribution in [3.05, 3.63) is 71.8 Å². The summed E-state index contributed by atoms with van der Waals surface area (Å²) in [6, 6.07) is 20.0. The second kappa shape index (κ2) is 6.39. The molecule has 2 aromatic rings. The zero-order valence-electron chi connectivity index (χ0n) is 17.6. The number of likely N-dealkylation sites (tertiary alicyclic amines) is 1. The topological polar surface area (TPSA) is 57.6 Å². The van der Waals surface area contributed by atoms with Crippen LogP contribution >= 0.6 is 0 Å². The van der Waals surface area contributed by atoms with E-state index in [1.54, 1.807) is 0 Å². The Hall–Kier alpha value is -2.72. The van der Waals surface area contributed by atoms with Crippen LogP contribution in [0.15, 0.2) is 60.7 Å². The zero-order chi connectivity index (χ0) is 21.3. The quantitative estimate of drug-likeness (QED) is 0.788. The van der Waals surface area contributed by atoms with E-state index in [1.807, 2.05) is 81.4 Å². The molecule has 0 aromatic heterocycles. The van der Waals surface area contributed by atoms with Crippen molar-refractivity contribution >= 4 is 23.0 Å². The lowest BCUT2D eigenvalue weighted by Crippen LogP contribution is -2.42. The molecule has 2 aromatic carbocycles. The van der Waals surface area contributed by atoms with Crippen molar-refractivity contribution in [2.24, 2.45) is 22.7 Å². The minimum Gasteiger partial charge on any atom is -0.391 e. The molecule has 1 saturated heterocycles. The highest BCUT2D eigenvalue weighted by Gasteiger charge is 2.78. The second-order valence-electron chi connectivity index (χ2n) is 9.23. The molecule has 2 amide bonds. The van der Waals surface area contributed by atoms with Gasteiger partial charge in [0.1, 0.15) is 0 Å². The lowest BCUT2D eigenvalue weighted by Gasteiger charge is -2.37. The SMILES string of the molecule is CCCN1C(=O)C2C(C1=O)C1(C)C(c3ccccc3)=C(c3ccccc3)C2(C)C1O. The minimum atomic E-state index is -0.818. The summed E-state index contributed by atoms with van der Waals surface area (Å²) in [5.41, 5.74) is 2.39. The Morgan fingerprint density at radius 2 is 1.20 bits per heavy atom. The van der Waals surface area contributed by atoms with Crippen molar-refractivity contribution in [1.29, 1.82) is 0 Å². The van der Waals surface area contributed by atoms with Gasteiger partial charge < -0.3 is 5.11 Å². The van der Waals surface area contributed by atoms with Gasteiger partial charge in [-0.25, -0.2) is 0 Å². The standard InChI is InChI=1S/C26H27NO3/c1-4-15-27-22(28)20-21(23(27)29)26(3)19(17-13-9-6-10-14-17)18(25(20,2)24(26)30)16-11-7-5-8-12-16/h5-14,20-21,24,30H,4,15H2,1-3H3. The monoisotopic (exact) mass is 401 g/mol. The second-order valence-corrected chi connectivity index (χ2v) is 9.23. The van der Waals surface area contributed by atoms with Crippen LogP contribution < -0.4 is 0 Å². The van der Waals surface area contributed by atoms with Gasteiger partial charge in [-0.3, -0.25) is 14.5 Å². The third kappa shape index (κ3) is 2.10. The molecule has 1 heterocycles. The number of hydrogen-bond donors (Lipinski definition) is 1. The summed E-state index contributed by atoms with van der Waals surface area (Å²) in [5.74, 6) is -1.31. The Bertz CT molecular complexity index is 979. The van der Waals surface area contributed by atoms with Crippen LogP contribution in [0.4, 0.5) is 0 Å². The zero-order valence-corrected chi connectivity index (χ0v) is 17.6. The lowest BCUT2D eigenvalue weighted by molar-refractivity contribution is -0.143. The van der Waals surface area contributed by atoms with E-state index in [0.717, 1.165) is 28.7 Å². The Balaban J connectivity index is 1.82. The molecule has 1 saturated carbocycles. The molecule has 154 valence electrons. The van der Waals surface area contributed by atoms with Crippen molar-refractivity contribution in [1.82, 2.24) is 4.90 Å². The Kier molecular flexibility index (Phi) is 4.10. The molecule has 0 spiro atoms. The van der Waals surface area contributed by atoms with E-state index in [9.17, 15) is 14.7 Å². The molecule has 1 aliphatic heterocycles. The first-order valence-corrected chi connectivity index (χ1v) is 10.8. The highest BCUT2D eigenvalue weighted by Crippen LogP contribution is 2.75. The maximum absolute atomic E-state index is 13.5. The van der Waals surface area contributed by atoms with Crippen LogP contribution in [0, 0.1) is 22.7 Å². The number of benzene rings is 2. The molecule has 4 heteroatoms. The van der Waals surface area contributed by atoms with Crippen LogP contribution in [0.25, 0.3) is 11.1 Å². The van der Waals surface area contributed by atoms with E-state index in [1.165, 1.54) is 4.90 Å². The van der Waals surface area contributed by atoms with Crippen LogP contribution in [-0.4, -0.2) is 34.5 Å². The first-order valence-electron chi connectivity index (χ1n) is 10.8. The third-order valence-electron chi connectivity index (χ3n) is 7.73. The molecule has 30 heavy (non-hydrogen) atoms. The molecule has 3 aliphatic rings. The van der Waals surface area contributed by atoms with Crippen molar-refractivity contribution in [3.8, 4) is 0 Å². The number of hydrogen-bond acceptors (Lipinski definition) is 3. The fraction of sp³-hybridized carbons (Fsp3) is 0.385. The number of imide groups is 1. The van der Waals surface area contributed by atoms with Crippen LogP contribution in [0.5, 0.6) is 0 Å². The van der Waals surface area contributed by atoms with E-state index in [4.69, 9.17) is 0 Å². The molecule has 4 unspecified atom stereocenters. The van der Waals surface area contributed by atoms with Gasteiger partial charge in [-0.2, -0.15) is 0 Å². The molecule has 5 rings (SSSR count). The number of carbonyl (C=O) groups is 2. The fourth-order valence-electron chi connectivity index (χ4n) is 6.59. The van der Waals surface area contributed by atoms with E-state index in [2.05, 4.69) is 0 Å². The van der Waals surface area contributed by atoms with Gasteiger partial charge in [-0.1, -0.05) is 81.4 Å². The average Bonchev–Trinajstić information content (AvgIpc) is 3.20. The molecule has 0 radical (unpaired) electrons. The number of aliphatic hydroxyl groups is 1. The summed E-state index contributed by atoms with van der Waals surface area (Å²) < 4.78 is 0. The number of carbonyl (C=O) groups excluding carboxylic acids is 2. The predicted octanol–water partition coefficient (Wildman–Crippen LogP) is 4.01. The van der Waals surface area contributed by atoms with Crippen molar-refractivity contribution in [3.63, 3.8) is 0 Å². The number of rotatable bonds is 4. The molecule has 2 fully saturated rings. The van der Waals surface area contributed by atoms with E-state index in [-0.39, 0.29) is 11.8 Å². The normalized spacial score (nSPS) is 34.8. The third-order valence-corrected chi connectivity index (χ3v) is 7.73. The first-order chi connectivity index (χ1) is 14.4. The largest absolute Gasteiger partial charge is 0.391 e. The Morgan fingerprint density at radius 1 is 0.800 bits per heavy atom. The van der Waals surface area contributed by atoms with Crippen molar-refractivity contribution in [2.45, 2.75) is 33.3 Å². The van der Waals surface area contributed by atoms with E-state index < -0.39 is 28.8 Å². The van der Waals surface area contributed by atoms with Gasteiger partial charge in [0.15, 0.2) is 0 Å². The Labute approximate surface area is 177 Å². The summed E-state index contributed by atoms with van der Waals surface area (Å²) in [6.07, 6.45) is -0.0701. The van der Waals surface area contributed by atoms with Gasteiger partial charge in [0, 0.05) is 17.4 Å². The van der Waals surface area contributed by atoms with Crippen LogP contribution in [0.2, 0.25) is 0 Å². The summed E-state index contributed by atoms with van der Waals surface area (Å²) in [6.45, 7) is 6.39. The molecule has 4 atom stereocenters. The molecular weight excluding hydrogens is 374 g/mol. The van der Waals surface area contributed by atoms with E-state index in [0.29, 0.717) is 6.54 Å². The molecule has 4 nitrogen and oxygen atoms in total. The molecule has 2 bridgehead atoms. The number of aliphatic hydroxyl groups excluding tert-OH is 1. The number of nitrogens with zero attached hydrogens (tertiary/aromatic N) is 1. The maximum atomic E-state index is 13.5. The van der Waals surface area contributed by atoms with Crippen LogP contribution in [0.3, 0.4) is 0 Å². The smallest absolute Gasteiger partial charge is 0.234 e. The Morgan fingerprint density at radius 3 is 1.57 bits per heavy atom. The fourth-order valence-corrected chi connectivity index (χ4v) is 6.59. The highest BCUT2D eigenvalue weighted by molar-refractivity contribution is 6.14. The molecule has 1 N–H and O–H groups in total. The summed E-state index contributed by atoms with van der Waals surface area (Å²) in [7, 11) is 0. The minimum absolute atomic E-state index is 0.127. The first kappa shape index (κ1) is 19.3. The summed E-state index contributed by atoms with van der Waals surface area (Å²) in [4.78, 5) is 28.4. The van der Waals surface area contributed by atoms with Crippen LogP contribution in [0.1, 0.15) is 38.3 Å². The highest BCUT2D eigenvalue weighted by atomic mass is 16.3. The predicted molar refractivity (Wildman–Crippen MR) is 116 cm³/mol. The van der Waals surface area contributed by atoms with Crippen LogP contribution in [-0.2, 0) is 9.59 Å². The van der Waals surface area contributed by atoms with Gasteiger partial charge >= 0.3 is 0 Å². The van der Waals surface area contributed by atoms with Gasteiger partial charge in [0.25, 0.3) is 0 Å². The lowest BCUT2D eigenvalue weighted by atomic mass is 9.63. The van der Waals surface area contributed by atoms with Gasteiger partial charge in [0.05, 0.1) is 17.9 Å². The summed E-state index contributed by atoms with van der Waals surface area (Å²) in [5, 5.41) is 11.7. The number of amides is 2. The maximum Gasteiger partial charge on any atom is 0.234 e. The van der Waals surface area contributed by atoms with E-state index >= 15 is 0 Å². The average molecular weight is 402 g/mol. The van der Waals surface area contributed by atoms with Gasteiger partial charge in [-0.15, -0.1) is 0 Å². The van der Waals surface area contributed by atoms with Gasteiger partial charge in [0.2, 0.25) is 11.8 Å². The molecule has 2 aliphatic carbocycles. The van der Waals surface area contributed by atoms with Crippen molar-refractivity contribution < 1.29 is 14.7 Å². The number of fused-ring (bicyclic) bond motifs is 5. The van der Waals surface area contributed by atoms with Gasteiger partial charge in [-0.05, 0) is 28.7 Å². The molecular formula is C26H27NO3. The summed E-state index contributed by atoms with van der Waals surface area (Å²) >= 11 is 0. The van der Waals surface area contributed by atoms with Crippen molar-refractivity contribution in [2.75, 3.05) is 6.54 Å².